The van der Waals surface area contributed by atoms with Gasteiger partial charge in [-0.3, -0.25) is 0 Å². The molecule has 0 aliphatic heterocycles. The minimum Gasteiger partial charge on any atom is -0.497 e. The van der Waals surface area contributed by atoms with E-state index in [1.165, 1.54) is 11.8 Å². The van der Waals surface area contributed by atoms with Gasteiger partial charge < -0.3 is 9.47 Å². The van der Waals surface area contributed by atoms with Gasteiger partial charge in [0.2, 0.25) is 0 Å². The van der Waals surface area contributed by atoms with Gasteiger partial charge >= 0.3 is 0 Å². The van der Waals surface area contributed by atoms with Crippen LogP contribution < -0.4 is 9.47 Å². The highest BCUT2D eigenvalue weighted by molar-refractivity contribution is 8.00. The molecule has 0 atom stereocenters. The molecule has 0 amide bonds. The van der Waals surface area contributed by atoms with Gasteiger partial charge in [0, 0.05) is 6.07 Å². The van der Waals surface area contributed by atoms with Crippen LogP contribution in [0.4, 0.5) is 0 Å². The minimum atomic E-state index is 0.517. The number of thioether (sulfide) groups is 1. The van der Waals surface area contributed by atoms with Crippen LogP contribution in [-0.2, 0) is 0 Å². The molecule has 0 fully saturated rings. The predicted molar refractivity (Wildman–Crippen MR) is 56.1 cm³/mol. The SMILES string of the molecule is COc1ccc(SCCl)c(OC)c1. The Balaban J connectivity index is 2.93. The molecule has 0 bridgehead atoms. The Morgan fingerprint density at radius 2 is 2.08 bits per heavy atom. The predicted octanol–water partition coefficient (Wildman–Crippen LogP) is 2.99. The largest absolute Gasteiger partial charge is 0.497 e. The fourth-order valence-electron chi connectivity index (χ4n) is 0.953. The van der Waals surface area contributed by atoms with E-state index in [9.17, 15) is 0 Å². The lowest BCUT2D eigenvalue weighted by Gasteiger charge is -2.08. The molecule has 4 heteroatoms. The quantitative estimate of drug-likeness (QED) is 0.572. The van der Waals surface area contributed by atoms with Crippen LogP contribution in [0.5, 0.6) is 11.5 Å². The first kappa shape index (κ1) is 10.5. The second-order valence-corrected chi connectivity index (χ2v) is 3.87. The van der Waals surface area contributed by atoms with Crippen molar-refractivity contribution in [3.05, 3.63) is 18.2 Å². The number of halogens is 1. The highest BCUT2D eigenvalue weighted by atomic mass is 35.5. The number of benzene rings is 1. The molecular formula is C9H11ClO2S. The number of rotatable bonds is 4. The molecular weight excluding hydrogens is 208 g/mol. The Morgan fingerprint density at radius 1 is 1.31 bits per heavy atom. The van der Waals surface area contributed by atoms with E-state index in [0.29, 0.717) is 5.21 Å². The average Bonchev–Trinajstić information content (AvgIpc) is 2.19. The molecule has 0 saturated heterocycles. The molecule has 1 aromatic carbocycles. The highest BCUT2D eigenvalue weighted by Crippen LogP contribution is 2.32. The summed E-state index contributed by atoms with van der Waals surface area (Å²) < 4.78 is 10.2. The summed E-state index contributed by atoms with van der Waals surface area (Å²) in [7, 11) is 3.26. The van der Waals surface area contributed by atoms with Crippen molar-refractivity contribution >= 4 is 23.4 Å². The molecule has 2 nitrogen and oxygen atoms in total. The van der Waals surface area contributed by atoms with Crippen LogP contribution in [0.2, 0.25) is 0 Å². The van der Waals surface area contributed by atoms with Crippen molar-refractivity contribution in [2.45, 2.75) is 4.90 Å². The van der Waals surface area contributed by atoms with Gasteiger partial charge in [0.1, 0.15) is 11.5 Å². The van der Waals surface area contributed by atoms with E-state index in [2.05, 4.69) is 0 Å². The molecule has 0 saturated carbocycles. The molecule has 1 rings (SSSR count). The first-order valence-corrected chi connectivity index (χ1v) is 5.24. The van der Waals surface area contributed by atoms with E-state index in [-0.39, 0.29) is 0 Å². The van der Waals surface area contributed by atoms with Gasteiger partial charge in [-0.1, -0.05) is 0 Å². The third-order valence-corrected chi connectivity index (χ3v) is 2.67. The van der Waals surface area contributed by atoms with Crippen molar-refractivity contribution in [2.75, 3.05) is 19.4 Å². The van der Waals surface area contributed by atoms with Gasteiger partial charge in [-0.25, -0.2) is 0 Å². The Hall–Kier alpha value is -0.540. The zero-order valence-electron chi connectivity index (χ0n) is 7.54. The van der Waals surface area contributed by atoms with Crippen LogP contribution in [0.1, 0.15) is 0 Å². The van der Waals surface area contributed by atoms with Crippen molar-refractivity contribution in [3.8, 4) is 11.5 Å². The minimum absolute atomic E-state index is 0.517. The Labute approximate surface area is 87.2 Å². The van der Waals surface area contributed by atoms with E-state index < -0.39 is 0 Å². The second-order valence-electron chi connectivity index (χ2n) is 2.27. The van der Waals surface area contributed by atoms with Gasteiger partial charge in [0.15, 0.2) is 0 Å². The molecule has 0 unspecified atom stereocenters. The second kappa shape index (κ2) is 5.25. The summed E-state index contributed by atoms with van der Waals surface area (Å²) in [5, 5.41) is 0.517. The van der Waals surface area contributed by atoms with E-state index in [0.717, 1.165) is 16.4 Å². The summed E-state index contributed by atoms with van der Waals surface area (Å²) in [6, 6.07) is 5.66. The molecule has 0 aliphatic rings. The Morgan fingerprint density at radius 3 is 2.62 bits per heavy atom. The van der Waals surface area contributed by atoms with Crippen LogP contribution in [0, 0.1) is 0 Å². The lowest BCUT2D eigenvalue weighted by Crippen LogP contribution is -1.88. The van der Waals surface area contributed by atoms with E-state index in [1.54, 1.807) is 14.2 Å². The first-order chi connectivity index (χ1) is 6.31. The van der Waals surface area contributed by atoms with Gasteiger partial charge in [-0.05, 0) is 12.1 Å². The monoisotopic (exact) mass is 218 g/mol. The van der Waals surface area contributed by atoms with Crippen LogP contribution in [0.25, 0.3) is 0 Å². The maximum atomic E-state index is 5.61. The molecule has 0 radical (unpaired) electrons. The molecule has 0 spiro atoms. The van der Waals surface area contributed by atoms with Gasteiger partial charge in [0.05, 0.1) is 24.3 Å². The van der Waals surface area contributed by atoms with Gasteiger partial charge in [-0.2, -0.15) is 0 Å². The van der Waals surface area contributed by atoms with Crippen LogP contribution in [-0.4, -0.2) is 19.4 Å². The molecule has 1 aromatic rings. The van der Waals surface area contributed by atoms with Crippen molar-refractivity contribution in [2.24, 2.45) is 0 Å². The van der Waals surface area contributed by atoms with Gasteiger partial charge in [-0.15, -0.1) is 23.4 Å². The van der Waals surface area contributed by atoms with E-state index in [4.69, 9.17) is 21.1 Å². The zero-order chi connectivity index (χ0) is 9.68. The number of methoxy groups -OCH3 is 2. The van der Waals surface area contributed by atoms with Crippen molar-refractivity contribution in [1.82, 2.24) is 0 Å². The molecule has 0 N–H and O–H groups in total. The average molecular weight is 219 g/mol. The maximum Gasteiger partial charge on any atom is 0.136 e. The van der Waals surface area contributed by atoms with Gasteiger partial charge in [0.25, 0.3) is 0 Å². The zero-order valence-corrected chi connectivity index (χ0v) is 9.11. The third kappa shape index (κ3) is 2.71. The molecule has 0 aliphatic carbocycles. The molecule has 13 heavy (non-hydrogen) atoms. The molecule has 0 heterocycles. The number of ether oxygens (including phenoxy) is 2. The Kier molecular flexibility index (Phi) is 4.25. The maximum absolute atomic E-state index is 5.61. The fraction of sp³-hybridized carbons (Fsp3) is 0.333. The Bertz CT molecular complexity index is 278. The lowest BCUT2D eigenvalue weighted by molar-refractivity contribution is 0.387. The summed E-state index contributed by atoms with van der Waals surface area (Å²) >= 11 is 7.15. The van der Waals surface area contributed by atoms with E-state index in [1.807, 2.05) is 18.2 Å². The number of hydrogen-bond acceptors (Lipinski definition) is 3. The highest BCUT2D eigenvalue weighted by Gasteiger charge is 2.04. The van der Waals surface area contributed by atoms with Crippen LogP contribution in [0.3, 0.4) is 0 Å². The summed E-state index contributed by atoms with van der Waals surface area (Å²) in [4.78, 5) is 1.03. The normalized spacial score (nSPS) is 9.77. The van der Waals surface area contributed by atoms with Crippen molar-refractivity contribution < 1.29 is 9.47 Å². The van der Waals surface area contributed by atoms with Crippen LogP contribution >= 0.6 is 23.4 Å². The molecule has 0 aromatic heterocycles. The first-order valence-electron chi connectivity index (χ1n) is 3.72. The summed E-state index contributed by atoms with van der Waals surface area (Å²) in [5.41, 5.74) is 0. The van der Waals surface area contributed by atoms with Crippen molar-refractivity contribution in [1.29, 1.82) is 0 Å². The number of alkyl halides is 1. The fourth-order valence-corrected chi connectivity index (χ4v) is 1.87. The summed E-state index contributed by atoms with van der Waals surface area (Å²) in [6.45, 7) is 0. The molecule has 72 valence electrons. The third-order valence-electron chi connectivity index (χ3n) is 1.58. The summed E-state index contributed by atoms with van der Waals surface area (Å²) in [5.74, 6) is 1.58. The lowest BCUT2D eigenvalue weighted by atomic mass is 10.3. The van der Waals surface area contributed by atoms with Crippen LogP contribution in [0.15, 0.2) is 23.1 Å². The van der Waals surface area contributed by atoms with Crippen molar-refractivity contribution in [3.63, 3.8) is 0 Å². The number of hydrogen-bond donors (Lipinski definition) is 0. The topological polar surface area (TPSA) is 18.5 Å². The van der Waals surface area contributed by atoms with E-state index >= 15 is 0 Å². The standard InChI is InChI=1S/C9H11ClO2S/c1-11-7-3-4-9(13-6-10)8(5-7)12-2/h3-5H,6H2,1-2H3. The summed E-state index contributed by atoms with van der Waals surface area (Å²) in [6.07, 6.45) is 0. The smallest absolute Gasteiger partial charge is 0.136 e.